The normalized spacial score (nSPS) is 15.5. The van der Waals surface area contributed by atoms with Crippen molar-refractivity contribution in [2.24, 2.45) is 0 Å². The lowest BCUT2D eigenvalue weighted by Gasteiger charge is -2.12. The van der Waals surface area contributed by atoms with E-state index < -0.39 is 27.5 Å². The van der Waals surface area contributed by atoms with E-state index in [0.717, 1.165) is 16.9 Å². The molecule has 12 heteroatoms. The lowest BCUT2D eigenvalue weighted by Crippen LogP contribution is -2.13. The van der Waals surface area contributed by atoms with Gasteiger partial charge in [-0.2, -0.15) is 0 Å². The molecule has 180 valence electrons. The van der Waals surface area contributed by atoms with Crippen LogP contribution in [0.4, 0.5) is 5.69 Å². The van der Waals surface area contributed by atoms with Crippen LogP contribution < -0.4 is 10.2 Å². The number of benzene rings is 2. The molecule has 0 aliphatic carbocycles. The third-order valence-electron chi connectivity index (χ3n) is 5.06. The number of halogens is 2. The number of ether oxygens (including phenoxy) is 2. The summed E-state index contributed by atoms with van der Waals surface area (Å²) in [4.78, 5) is 12.9. The van der Waals surface area contributed by atoms with Gasteiger partial charge < -0.3 is 19.0 Å². The quantitative estimate of drug-likeness (QED) is 0.274. The third-order valence-corrected chi connectivity index (χ3v) is 10.2. The molecule has 0 saturated heterocycles. The van der Waals surface area contributed by atoms with Gasteiger partial charge in [-0.15, -0.1) is 11.3 Å². The largest absolute Gasteiger partial charge is 0.501 e. The van der Waals surface area contributed by atoms with Crippen molar-refractivity contribution in [1.82, 2.24) is 0 Å². The monoisotopic (exact) mass is 639 g/mol. The summed E-state index contributed by atoms with van der Waals surface area (Å²) in [5.41, 5.74) is 0.539. The fraction of sp³-hybridized carbons (Fsp3) is 0.0870. The summed E-state index contributed by atoms with van der Waals surface area (Å²) in [5, 5.41) is 10.5. The van der Waals surface area contributed by atoms with Gasteiger partial charge in [-0.3, -0.25) is 9.52 Å². The zero-order chi connectivity index (χ0) is 24.7. The Morgan fingerprint density at radius 2 is 1.86 bits per heavy atom. The number of hydrogen-bond acceptors (Lipinski definition) is 8. The number of sulfonamides is 1. The van der Waals surface area contributed by atoms with Crippen LogP contribution in [0.25, 0.3) is 16.7 Å². The molecule has 0 amide bonds. The van der Waals surface area contributed by atoms with Crippen LogP contribution in [0.1, 0.15) is 11.3 Å². The molecule has 0 saturated carbocycles. The third kappa shape index (κ3) is 4.83. The summed E-state index contributed by atoms with van der Waals surface area (Å²) in [5.74, 6) is -0.750. The van der Waals surface area contributed by atoms with E-state index in [2.05, 4.69) is 36.6 Å². The van der Waals surface area contributed by atoms with Crippen molar-refractivity contribution in [2.75, 3.05) is 4.72 Å². The molecular formula is C23H15Br2NO7S2. The van der Waals surface area contributed by atoms with Crippen LogP contribution >= 0.6 is 43.2 Å². The maximum atomic E-state index is 12.9. The van der Waals surface area contributed by atoms with E-state index in [1.165, 1.54) is 30.5 Å². The molecule has 0 spiro atoms. The van der Waals surface area contributed by atoms with Crippen LogP contribution in [0.15, 0.2) is 82.5 Å². The zero-order valence-corrected chi connectivity index (χ0v) is 22.3. The Labute approximate surface area is 220 Å². The summed E-state index contributed by atoms with van der Waals surface area (Å²) in [7, 11) is -3.89. The second kappa shape index (κ2) is 9.34. The van der Waals surface area contributed by atoms with Gasteiger partial charge in [0.15, 0.2) is 0 Å². The van der Waals surface area contributed by atoms with E-state index in [1.807, 2.05) is 30.3 Å². The average Bonchev–Trinajstić information content (AvgIpc) is 3.43. The Morgan fingerprint density at radius 1 is 1.09 bits per heavy atom. The van der Waals surface area contributed by atoms with Crippen molar-refractivity contribution in [2.45, 2.75) is 16.9 Å². The van der Waals surface area contributed by atoms with Crippen molar-refractivity contribution in [3.8, 4) is 5.75 Å². The molecule has 0 radical (unpaired) electrons. The lowest BCUT2D eigenvalue weighted by molar-refractivity contribution is -0.0145. The highest BCUT2D eigenvalue weighted by Gasteiger charge is 2.27. The summed E-state index contributed by atoms with van der Waals surface area (Å²) < 4.78 is 46.2. The first kappa shape index (κ1) is 23.9. The smallest absolute Gasteiger partial charge is 0.271 e. The van der Waals surface area contributed by atoms with Gasteiger partial charge >= 0.3 is 0 Å². The molecule has 1 aliphatic heterocycles. The van der Waals surface area contributed by atoms with Crippen molar-refractivity contribution >= 4 is 75.6 Å². The highest BCUT2D eigenvalue weighted by molar-refractivity contribution is 9.13. The van der Waals surface area contributed by atoms with Crippen LogP contribution in [0.3, 0.4) is 0 Å². The molecule has 8 nitrogen and oxygen atoms in total. The topological polar surface area (TPSA) is 115 Å². The molecule has 2 aromatic carbocycles. The number of fused-ring (bicyclic) bond motifs is 1. The molecule has 3 heterocycles. The predicted molar refractivity (Wildman–Crippen MR) is 139 cm³/mol. The molecule has 35 heavy (non-hydrogen) atoms. The van der Waals surface area contributed by atoms with Crippen molar-refractivity contribution in [3.63, 3.8) is 0 Å². The average molecular weight is 641 g/mol. The first-order valence-electron chi connectivity index (χ1n) is 10.1. The van der Waals surface area contributed by atoms with E-state index in [9.17, 15) is 18.3 Å². The fourth-order valence-corrected chi connectivity index (χ4v) is 7.29. The number of anilines is 1. The van der Waals surface area contributed by atoms with Gasteiger partial charge in [-0.25, -0.2) is 8.42 Å². The van der Waals surface area contributed by atoms with E-state index in [4.69, 9.17) is 13.9 Å². The van der Waals surface area contributed by atoms with Crippen molar-refractivity contribution < 1.29 is 27.4 Å². The summed E-state index contributed by atoms with van der Waals surface area (Å²) in [6.07, 6.45) is 1.11. The SMILES string of the molecule is O=c1c(O)c(C2=COC(Cc3ccccc3)O2)oc2ccc(NS(=O)(=O)c3cc(Br)c(Br)s3)cc12. The van der Waals surface area contributed by atoms with Gasteiger partial charge in [0.05, 0.1) is 9.17 Å². The molecule has 5 rings (SSSR count). The maximum absolute atomic E-state index is 12.9. The van der Waals surface area contributed by atoms with E-state index >= 15 is 0 Å². The number of hydrogen-bond donors (Lipinski definition) is 2. The Kier molecular flexibility index (Phi) is 6.38. The zero-order valence-electron chi connectivity index (χ0n) is 17.5. The summed E-state index contributed by atoms with van der Waals surface area (Å²) in [6, 6.07) is 15.2. The molecule has 4 aromatic rings. The Hall–Kier alpha value is -2.80. The van der Waals surface area contributed by atoms with E-state index in [0.29, 0.717) is 14.7 Å². The Bertz CT molecular complexity index is 1610. The number of aromatic hydroxyl groups is 1. The Morgan fingerprint density at radius 3 is 2.57 bits per heavy atom. The van der Waals surface area contributed by atoms with Crippen molar-refractivity contribution in [3.05, 3.63) is 90.7 Å². The summed E-state index contributed by atoms with van der Waals surface area (Å²) >= 11 is 7.57. The molecule has 1 atom stereocenters. The molecular weight excluding hydrogens is 626 g/mol. The van der Waals surface area contributed by atoms with Gasteiger partial charge in [-0.1, -0.05) is 30.3 Å². The summed E-state index contributed by atoms with van der Waals surface area (Å²) in [6.45, 7) is 0. The predicted octanol–water partition coefficient (Wildman–Crippen LogP) is 5.80. The highest BCUT2D eigenvalue weighted by atomic mass is 79.9. The van der Waals surface area contributed by atoms with Gasteiger partial charge in [0.25, 0.3) is 10.0 Å². The molecule has 2 aromatic heterocycles. The van der Waals surface area contributed by atoms with Gasteiger partial charge in [0.2, 0.25) is 29.0 Å². The highest BCUT2D eigenvalue weighted by Crippen LogP contribution is 2.36. The minimum Gasteiger partial charge on any atom is -0.501 e. The van der Waals surface area contributed by atoms with Crippen molar-refractivity contribution in [1.29, 1.82) is 0 Å². The van der Waals surface area contributed by atoms with Crippen LogP contribution in [-0.2, 0) is 25.9 Å². The number of thiophene rings is 1. The first-order chi connectivity index (χ1) is 16.7. The van der Waals surface area contributed by atoms with E-state index in [-0.39, 0.29) is 32.4 Å². The standard InChI is InChI=1S/C23H15Br2NO7S2/c24-15-10-19(34-23(15)25)35(29,30)26-13-6-7-16-14(9-13)20(27)21(28)22(33-16)17-11-31-18(32-17)8-12-4-2-1-3-5-12/h1-7,9-11,18,26,28H,8H2. The van der Waals surface area contributed by atoms with Crippen LogP contribution in [-0.4, -0.2) is 19.8 Å². The minimum absolute atomic E-state index is 0.000316. The molecule has 0 fully saturated rings. The van der Waals surface area contributed by atoms with Crippen LogP contribution in [0.5, 0.6) is 5.75 Å². The molecule has 0 bridgehead atoms. The van der Waals surface area contributed by atoms with Gasteiger partial charge in [-0.05, 0) is 61.7 Å². The molecule has 1 unspecified atom stereocenters. The second-order valence-electron chi connectivity index (χ2n) is 7.47. The van der Waals surface area contributed by atoms with Crippen LogP contribution in [0, 0.1) is 0 Å². The van der Waals surface area contributed by atoms with E-state index in [1.54, 1.807) is 0 Å². The Balaban J connectivity index is 1.40. The van der Waals surface area contributed by atoms with Gasteiger partial charge in [0.1, 0.15) is 16.1 Å². The molecule has 2 N–H and O–H groups in total. The second-order valence-corrected chi connectivity index (χ2v) is 12.6. The lowest BCUT2D eigenvalue weighted by atomic mass is 10.1. The number of rotatable bonds is 6. The van der Waals surface area contributed by atoms with Gasteiger partial charge in [0, 0.05) is 16.6 Å². The maximum Gasteiger partial charge on any atom is 0.271 e. The first-order valence-corrected chi connectivity index (χ1v) is 13.9. The van der Waals surface area contributed by atoms with Crippen LogP contribution in [0.2, 0.25) is 0 Å². The fourth-order valence-electron chi connectivity index (χ4n) is 3.42. The minimum atomic E-state index is -3.89. The molecule has 1 aliphatic rings. The number of nitrogens with one attached hydrogen (secondary N) is 1.